The zero-order valence-corrected chi connectivity index (χ0v) is 12.8. The topological polar surface area (TPSA) is 78.6 Å². The number of amides is 1. The summed E-state index contributed by atoms with van der Waals surface area (Å²) in [6, 6.07) is 1.76. The minimum atomic E-state index is -0.928. The molecule has 1 amide bonds. The molecule has 0 unspecified atom stereocenters. The van der Waals surface area contributed by atoms with Crippen molar-refractivity contribution >= 4 is 5.91 Å². The van der Waals surface area contributed by atoms with Gasteiger partial charge in [-0.05, 0) is 33.6 Å². The van der Waals surface area contributed by atoms with Crippen molar-refractivity contribution in [3.8, 4) is 0 Å². The van der Waals surface area contributed by atoms with Gasteiger partial charge in [0.05, 0.1) is 11.6 Å². The van der Waals surface area contributed by atoms with Crippen molar-refractivity contribution in [2.24, 2.45) is 0 Å². The molecule has 1 aromatic rings. The molecule has 2 fully saturated rings. The van der Waals surface area contributed by atoms with Crippen molar-refractivity contribution in [3.05, 3.63) is 17.5 Å². The number of rotatable bonds is 4. The highest BCUT2D eigenvalue weighted by molar-refractivity contribution is 5.92. The van der Waals surface area contributed by atoms with Crippen molar-refractivity contribution in [2.75, 3.05) is 13.1 Å². The van der Waals surface area contributed by atoms with E-state index in [0.29, 0.717) is 30.7 Å². The summed E-state index contributed by atoms with van der Waals surface area (Å²) in [7, 11) is 0. The molecule has 3 rings (SSSR count). The molecule has 1 saturated heterocycles. The summed E-state index contributed by atoms with van der Waals surface area (Å²) in [4.78, 5) is 14.4. The number of carbonyl (C=O) groups excluding carboxylic acids is 1. The van der Waals surface area contributed by atoms with Crippen molar-refractivity contribution in [1.29, 1.82) is 0 Å². The summed E-state index contributed by atoms with van der Waals surface area (Å²) in [5.74, 6) is 0.953. The van der Waals surface area contributed by atoms with Gasteiger partial charge in [-0.25, -0.2) is 0 Å². The Balaban J connectivity index is 1.65. The Morgan fingerprint density at radius 3 is 2.86 bits per heavy atom. The lowest BCUT2D eigenvalue weighted by atomic mass is 10.0. The predicted octanol–water partition coefficient (Wildman–Crippen LogP) is 1.13. The van der Waals surface area contributed by atoms with Gasteiger partial charge in [-0.3, -0.25) is 9.69 Å². The van der Waals surface area contributed by atoms with Crippen LogP contribution < -0.4 is 5.32 Å². The van der Waals surface area contributed by atoms with Crippen molar-refractivity contribution < 1.29 is 14.4 Å². The van der Waals surface area contributed by atoms with Gasteiger partial charge in [-0.2, -0.15) is 0 Å². The van der Waals surface area contributed by atoms with E-state index in [1.807, 2.05) is 0 Å². The zero-order valence-electron chi connectivity index (χ0n) is 12.8. The first-order valence-corrected chi connectivity index (χ1v) is 7.61. The maximum absolute atomic E-state index is 12.3. The molecule has 0 spiro atoms. The number of carbonyl (C=O) groups is 1. The highest BCUT2D eigenvalue weighted by atomic mass is 16.5. The van der Waals surface area contributed by atoms with Crippen LogP contribution in [0.1, 0.15) is 55.8 Å². The molecule has 2 atom stereocenters. The van der Waals surface area contributed by atoms with Crippen LogP contribution in [0.3, 0.4) is 0 Å². The standard InChI is InChI=1S/C15H23N3O3/c1-9(2)18-7-13(15(3,20)8-18)16-14(19)11-6-12(21-17-11)10-4-5-10/h6,9-10,13,20H,4-5,7-8H2,1-3H3,(H,16,19)/t13-,15-/m1/s1. The number of aromatic nitrogens is 1. The number of hydrogen-bond acceptors (Lipinski definition) is 5. The first-order valence-electron chi connectivity index (χ1n) is 7.61. The van der Waals surface area contributed by atoms with Gasteiger partial charge < -0.3 is 14.9 Å². The van der Waals surface area contributed by atoms with Crippen LogP contribution >= 0.6 is 0 Å². The van der Waals surface area contributed by atoms with Crippen LogP contribution in [0.4, 0.5) is 0 Å². The Hall–Kier alpha value is -1.40. The van der Waals surface area contributed by atoms with E-state index >= 15 is 0 Å². The fraction of sp³-hybridized carbons (Fsp3) is 0.733. The molecule has 6 nitrogen and oxygen atoms in total. The number of β-amino-alcohol motifs (C(OH)–C–C–N with tert-alkyl or cyclic N) is 1. The molecule has 1 saturated carbocycles. The Morgan fingerprint density at radius 2 is 2.29 bits per heavy atom. The second-order valence-corrected chi connectivity index (χ2v) is 6.80. The fourth-order valence-corrected chi connectivity index (χ4v) is 2.80. The number of hydrogen-bond donors (Lipinski definition) is 2. The third-order valence-corrected chi connectivity index (χ3v) is 4.47. The quantitative estimate of drug-likeness (QED) is 0.870. The normalized spacial score (nSPS) is 30.0. The number of likely N-dealkylation sites (tertiary alicyclic amines) is 1. The van der Waals surface area contributed by atoms with Crippen LogP contribution in [0.15, 0.2) is 10.6 Å². The van der Waals surface area contributed by atoms with E-state index in [-0.39, 0.29) is 11.9 Å². The van der Waals surface area contributed by atoms with E-state index in [9.17, 15) is 9.90 Å². The SMILES string of the molecule is CC(C)N1C[C@@H](NC(=O)c2cc(C3CC3)on2)[C@](C)(O)C1. The fourth-order valence-electron chi connectivity index (χ4n) is 2.80. The van der Waals surface area contributed by atoms with E-state index in [4.69, 9.17) is 4.52 Å². The van der Waals surface area contributed by atoms with E-state index in [0.717, 1.165) is 18.6 Å². The van der Waals surface area contributed by atoms with E-state index in [2.05, 4.69) is 29.2 Å². The van der Waals surface area contributed by atoms with E-state index < -0.39 is 5.60 Å². The highest BCUT2D eigenvalue weighted by Crippen LogP contribution is 2.40. The second kappa shape index (κ2) is 5.10. The first-order chi connectivity index (χ1) is 9.87. The largest absolute Gasteiger partial charge is 0.387 e. The number of nitrogens with zero attached hydrogens (tertiary/aromatic N) is 2. The Morgan fingerprint density at radius 1 is 1.57 bits per heavy atom. The molecule has 0 bridgehead atoms. The molecular formula is C15H23N3O3. The Labute approximate surface area is 124 Å². The predicted molar refractivity (Wildman–Crippen MR) is 77.1 cm³/mol. The van der Waals surface area contributed by atoms with Crippen LogP contribution in [0, 0.1) is 0 Å². The Kier molecular flexibility index (Phi) is 3.53. The van der Waals surface area contributed by atoms with Crippen LogP contribution in [0.25, 0.3) is 0 Å². The van der Waals surface area contributed by atoms with Gasteiger partial charge in [0.1, 0.15) is 5.76 Å². The first kappa shape index (κ1) is 14.5. The zero-order chi connectivity index (χ0) is 15.2. The third-order valence-electron chi connectivity index (χ3n) is 4.47. The lowest BCUT2D eigenvalue weighted by Crippen LogP contribution is -2.50. The summed E-state index contributed by atoms with van der Waals surface area (Å²) >= 11 is 0. The molecule has 1 aliphatic heterocycles. The molecule has 1 aliphatic carbocycles. The average Bonchev–Trinajstić information content (AvgIpc) is 3.05. The van der Waals surface area contributed by atoms with Gasteiger partial charge in [0.15, 0.2) is 5.69 Å². The minimum absolute atomic E-state index is 0.276. The monoisotopic (exact) mass is 293 g/mol. The van der Waals surface area contributed by atoms with Crippen molar-refractivity contribution in [3.63, 3.8) is 0 Å². The Bertz CT molecular complexity index is 534. The summed E-state index contributed by atoms with van der Waals surface area (Å²) in [5, 5.41) is 17.2. The smallest absolute Gasteiger partial charge is 0.273 e. The summed E-state index contributed by atoms with van der Waals surface area (Å²) in [6.45, 7) is 7.13. The molecule has 0 aromatic carbocycles. The maximum Gasteiger partial charge on any atom is 0.273 e. The van der Waals surface area contributed by atoms with Crippen LogP contribution in [-0.4, -0.2) is 51.8 Å². The average molecular weight is 293 g/mol. The lowest BCUT2D eigenvalue weighted by Gasteiger charge is -2.24. The summed E-state index contributed by atoms with van der Waals surface area (Å²) < 4.78 is 5.20. The van der Waals surface area contributed by atoms with Crippen LogP contribution in [0.5, 0.6) is 0 Å². The van der Waals surface area contributed by atoms with Gasteiger partial charge in [-0.1, -0.05) is 5.16 Å². The molecule has 2 N–H and O–H groups in total. The summed E-state index contributed by atoms with van der Waals surface area (Å²) in [5.41, 5.74) is -0.626. The van der Waals surface area contributed by atoms with Crippen LogP contribution in [-0.2, 0) is 0 Å². The van der Waals surface area contributed by atoms with Crippen molar-refractivity contribution in [2.45, 2.75) is 57.2 Å². The minimum Gasteiger partial charge on any atom is -0.387 e. The van der Waals surface area contributed by atoms with Gasteiger partial charge >= 0.3 is 0 Å². The molecule has 1 aromatic heterocycles. The molecule has 6 heteroatoms. The lowest BCUT2D eigenvalue weighted by molar-refractivity contribution is 0.0406. The third kappa shape index (κ3) is 2.96. The number of aliphatic hydroxyl groups is 1. The van der Waals surface area contributed by atoms with Gasteiger partial charge in [0.25, 0.3) is 5.91 Å². The highest BCUT2D eigenvalue weighted by Gasteiger charge is 2.43. The van der Waals surface area contributed by atoms with E-state index in [1.54, 1.807) is 13.0 Å². The van der Waals surface area contributed by atoms with Gasteiger partial charge in [-0.15, -0.1) is 0 Å². The molecule has 0 radical (unpaired) electrons. The second-order valence-electron chi connectivity index (χ2n) is 6.80. The van der Waals surface area contributed by atoms with Gasteiger partial charge in [0.2, 0.25) is 0 Å². The van der Waals surface area contributed by atoms with Crippen LogP contribution in [0.2, 0.25) is 0 Å². The molecule has 2 aliphatic rings. The maximum atomic E-state index is 12.3. The number of nitrogens with one attached hydrogen (secondary N) is 1. The molecule has 116 valence electrons. The molecule has 21 heavy (non-hydrogen) atoms. The molecule has 2 heterocycles. The van der Waals surface area contributed by atoms with E-state index in [1.165, 1.54) is 0 Å². The molecular weight excluding hydrogens is 270 g/mol. The van der Waals surface area contributed by atoms with Gasteiger partial charge in [0, 0.05) is 31.1 Å². The summed E-state index contributed by atoms with van der Waals surface area (Å²) in [6.07, 6.45) is 2.22. The van der Waals surface area contributed by atoms with Crippen molar-refractivity contribution in [1.82, 2.24) is 15.4 Å².